The third-order valence-corrected chi connectivity index (χ3v) is 3.67. The molecule has 116 valence electrons. The van der Waals surface area contributed by atoms with Crippen molar-refractivity contribution in [2.45, 2.75) is 0 Å². The lowest BCUT2D eigenvalue weighted by atomic mass is 10.0. The fourth-order valence-corrected chi connectivity index (χ4v) is 2.57. The maximum atomic E-state index is 5.65. The monoisotopic (exact) mass is 313 g/mol. The summed E-state index contributed by atoms with van der Waals surface area (Å²) in [5, 5.41) is 4.14. The maximum absolute atomic E-state index is 5.65. The molecule has 2 aromatic carbocycles. The van der Waals surface area contributed by atoms with E-state index in [0.717, 1.165) is 22.5 Å². The average molecular weight is 313 g/mol. The smallest absolute Gasteiger partial charge is 0.240 e. The van der Waals surface area contributed by atoms with Gasteiger partial charge >= 0.3 is 0 Å². The predicted octanol–water partition coefficient (Wildman–Crippen LogP) is 3.48. The first-order chi connectivity index (χ1) is 11.8. The van der Waals surface area contributed by atoms with Crippen molar-refractivity contribution < 1.29 is 0 Å². The molecule has 2 aromatic heterocycles. The van der Waals surface area contributed by atoms with Crippen molar-refractivity contribution in [1.29, 1.82) is 0 Å². The molecule has 2 heterocycles. The zero-order chi connectivity index (χ0) is 16.4. The van der Waals surface area contributed by atoms with E-state index in [2.05, 4.69) is 34.3 Å². The predicted molar refractivity (Wildman–Crippen MR) is 95.6 cm³/mol. The van der Waals surface area contributed by atoms with Crippen molar-refractivity contribution in [3.8, 4) is 0 Å². The van der Waals surface area contributed by atoms with E-state index >= 15 is 0 Å². The van der Waals surface area contributed by atoms with Gasteiger partial charge in [0.1, 0.15) is 0 Å². The van der Waals surface area contributed by atoms with Gasteiger partial charge in [0.2, 0.25) is 5.95 Å². The number of nitrogen functional groups attached to an aromatic ring is 1. The third kappa shape index (κ3) is 2.75. The Bertz CT molecular complexity index is 962. The summed E-state index contributed by atoms with van der Waals surface area (Å²) >= 11 is 0. The average Bonchev–Trinajstić information content (AvgIpc) is 3.00. The lowest BCUT2D eigenvalue weighted by molar-refractivity contribution is 0.967. The molecule has 0 amide bonds. The molecule has 0 radical (unpaired) electrons. The van der Waals surface area contributed by atoms with Gasteiger partial charge in [-0.3, -0.25) is 0 Å². The first-order valence-corrected chi connectivity index (χ1v) is 7.61. The summed E-state index contributed by atoms with van der Waals surface area (Å²) < 4.78 is 1.64. The Labute approximate surface area is 139 Å². The van der Waals surface area contributed by atoms with Crippen molar-refractivity contribution in [1.82, 2.24) is 14.6 Å². The minimum absolute atomic E-state index is 0.252. The standard InChI is InChI=1S/C19H15N5/c20-19-22-17-12-11-16(13-24(17)23-19)21-18(14-7-3-1-4-8-14)15-9-5-2-6-10-15/h1-13H,(H2,20,23). The number of nitrogens with two attached hydrogens (primary N) is 1. The molecular weight excluding hydrogens is 298 g/mol. The molecule has 0 aliphatic heterocycles. The van der Waals surface area contributed by atoms with Gasteiger partial charge in [-0.05, 0) is 12.1 Å². The molecule has 0 atom stereocenters. The summed E-state index contributed by atoms with van der Waals surface area (Å²) in [5.74, 6) is 0.252. The first kappa shape index (κ1) is 14.1. The van der Waals surface area contributed by atoms with Crippen LogP contribution in [0.5, 0.6) is 0 Å². The highest BCUT2D eigenvalue weighted by molar-refractivity contribution is 6.13. The van der Waals surface area contributed by atoms with E-state index in [0.29, 0.717) is 5.65 Å². The van der Waals surface area contributed by atoms with Gasteiger partial charge in [0, 0.05) is 11.1 Å². The largest absolute Gasteiger partial charge is 0.366 e. The number of fused-ring (bicyclic) bond motifs is 1. The first-order valence-electron chi connectivity index (χ1n) is 7.61. The van der Waals surface area contributed by atoms with Crippen molar-refractivity contribution in [2.24, 2.45) is 4.99 Å². The molecule has 0 aliphatic rings. The maximum Gasteiger partial charge on any atom is 0.240 e. The number of rotatable bonds is 3. The molecule has 0 saturated heterocycles. The zero-order valence-electron chi connectivity index (χ0n) is 12.9. The molecule has 0 saturated carbocycles. The Hall–Kier alpha value is -3.47. The summed E-state index contributed by atoms with van der Waals surface area (Å²) in [6.45, 7) is 0. The van der Waals surface area contributed by atoms with E-state index in [4.69, 9.17) is 10.7 Å². The van der Waals surface area contributed by atoms with Crippen molar-refractivity contribution >= 4 is 23.0 Å². The summed E-state index contributed by atoms with van der Waals surface area (Å²) in [4.78, 5) is 8.98. The van der Waals surface area contributed by atoms with Crippen LogP contribution in [0.2, 0.25) is 0 Å². The highest BCUT2D eigenvalue weighted by Gasteiger charge is 2.07. The van der Waals surface area contributed by atoms with Crippen molar-refractivity contribution in [2.75, 3.05) is 5.73 Å². The molecule has 4 rings (SSSR count). The van der Waals surface area contributed by atoms with Gasteiger partial charge < -0.3 is 5.73 Å². The molecule has 0 fully saturated rings. The number of pyridine rings is 1. The minimum Gasteiger partial charge on any atom is -0.366 e. The van der Waals surface area contributed by atoms with Crippen LogP contribution in [0.4, 0.5) is 11.6 Å². The number of aliphatic imine (C=N–C) groups is 1. The number of benzene rings is 2. The summed E-state index contributed by atoms with van der Waals surface area (Å²) in [6.07, 6.45) is 1.82. The Kier molecular flexibility index (Phi) is 3.51. The van der Waals surface area contributed by atoms with Gasteiger partial charge in [-0.25, -0.2) is 9.51 Å². The Morgan fingerprint density at radius 1 is 0.833 bits per heavy atom. The lowest BCUT2D eigenvalue weighted by Gasteiger charge is -2.07. The summed E-state index contributed by atoms with van der Waals surface area (Å²) in [5.41, 5.74) is 10.2. The molecule has 0 spiro atoms. The van der Waals surface area contributed by atoms with Crippen LogP contribution in [0.1, 0.15) is 11.1 Å². The van der Waals surface area contributed by atoms with Gasteiger partial charge in [-0.1, -0.05) is 60.7 Å². The van der Waals surface area contributed by atoms with E-state index in [-0.39, 0.29) is 5.95 Å². The van der Waals surface area contributed by atoms with Gasteiger partial charge in [-0.15, -0.1) is 5.10 Å². The zero-order valence-corrected chi connectivity index (χ0v) is 12.9. The van der Waals surface area contributed by atoms with E-state index in [1.165, 1.54) is 0 Å². The molecule has 0 aliphatic carbocycles. The molecule has 0 bridgehead atoms. The fourth-order valence-electron chi connectivity index (χ4n) is 2.57. The molecule has 2 N–H and O–H groups in total. The molecule has 0 unspecified atom stereocenters. The fraction of sp³-hybridized carbons (Fsp3) is 0. The van der Waals surface area contributed by atoms with Gasteiger partial charge in [0.25, 0.3) is 0 Å². The second-order valence-corrected chi connectivity index (χ2v) is 5.35. The second-order valence-electron chi connectivity index (χ2n) is 5.35. The summed E-state index contributed by atoms with van der Waals surface area (Å²) in [6, 6.07) is 24.0. The number of hydrogen-bond donors (Lipinski definition) is 1. The third-order valence-electron chi connectivity index (χ3n) is 3.67. The molecule has 24 heavy (non-hydrogen) atoms. The number of nitrogens with zero attached hydrogens (tertiary/aromatic N) is 4. The van der Waals surface area contributed by atoms with Crippen LogP contribution in [0.3, 0.4) is 0 Å². The quantitative estimate of drug-likeness (QED) is 0.589. The summed E-state index contributed by atoms with van der Waals surface area (Å²) in [7, 11) is 0. The van der Waals surface area contributed by atoms with E-state index in [1.54, 1.807) is 4.52 Å². The van der Waals surface area contributed by atoms with Crippen molar-refractivity contribution in [3.63, 3.8) is 0 Å². The number of anilines is 1. The topological polar surface area (TPSA) is 68.6 Å². The molecule has 5 nitrogen and oxygen atoms in total. The number of hydrogen-bond acceptors (Lipinski definition) is 4. The van der Waals surface area contributed by atoms with Crippen LogP contribution in [-0.4, -0.2) is 20.3 Å². The van der Waals surface area contributed by atoms with E-state index in [1.807, 2.05) is 54.7 Å². The highest BCUT2D eigenvalue weighted by Crippen LogP contribution is 2.19. The van der Waals surface area contributed by atoms with Gasteiger partial charge in [0.05, 0.1) is 17.6 Å². The van der Waals surface area contributed by atoms with E-state index < -0.39 is 0 Å². The second kappa shape index (κ2) is 5.96. The van der Waals surface area contributed by atoms with Gasteiger partial charge in [0.15, 0.2) is 5.65 Å². The Morgan fingerprint density at radius 2 is 1.46 bits per heavy atom. The Morgan fingerprint density at radius 3 is 2.08 bits per heavy atom. The highest BCUT2D eigenvalue weighted by atomic mass is 15.3. The SMILES string of the molecule is Nc1nc2ccc(N=C(c3ccccc3)c3ccccc3)cn2n1. The van der Waals surface area contributed by atoms with Crippen LogP contribution < -0.4 is 5.73 Å². The van der Waals surface area contributed by atoms with Crippen molar-refractivity contribution in [3.05, 3.63) is 90.1 Å². The van der Waals surface area contributed by atoms with Crippen LogP contribution in [0.25, 0.3) is 5.65 Å². The van der Waals surface area contributed by atoms with Gasteiger partial charge in [-0.2, -0.15) is 4.98 Å². The lowest BCUT2D eigenvalue weighted by Crippen LogP contribution is -2.02. The van der Waals surface area contributed by atoms with Crippen LogP contribution in [0, 0.1) is 0 Å². The van der Waals surface area contributed by atoms with E-state index in [9.17, 15) is 0 Å². The molecule has 5 heteroatoms. The van der Waals surface area contributed by atoms with Crippen LogP contribution >= 0.6 is 0 Å². The Balaban J connectivity index is 1.86. The van der Waals surface area contributed by atoms with Crippen LogP contribution in [0.15, 0.2) is 84.0 Å². The van der Waals surface area contributed by atoms with Crippen LogP contribution in [-0.2, 0) is 0 Å². The molecular formula is C19H15N5. The normalized spacial score (nSPS) is 10.7. The minimum atomic E-state index is 0.252. The number of aromatic nitrogens is 3. The molecule has 4 aromatic rings.